The molecule has 3 aromatic rings. The number of thiazole rings is 1. The van der Waals surface area contributed by atoms with Crippen LogP contribution in [0.2, 0.25) is 0 Å². The van der Waals surface area contributed by atoms with E-state index in [1.54, 1.807) is 23.6 Å². The first kappa shape index (κ1) is 20.1. The van der Waals surface area contributed by atoms with Crippen LogP contribution in [0.25, 0.3) is 21.8 Å². The zero-order valence-corrected chi connectivity index (χ0v) is 18.1. The first-order valence-electron chi connectivity index (χ1n) is 10.5. The second-order valence-corrected chi connectivity index (χ2v) is 9.33. The van der Waals surface area contributed by atoms with Gasteiger partial charge in [-0.05, 0) is 62.1 Å². The first-order chi connectivity index (χ1) is 15.0. The Morgan fingerprint density at radius 3 is 2.94 bits per heavy atom. The van der Waals surface area contributed by atoms with E-state index in [0.717, 1.165) is 46.8 Å². The van der Waals surface area contributed by atoms with Crippen LogP contribution in [0.4, 0.5) is 14.5 Å². The summed E-state index contributed by atoms with van der Waals surface area (Å²) in [6.45, 7) is 1.59. The predicted octanol–water partition coefficient (Wildman–Crippen LogP) is 6.68. The molecule has 6 heteroatoms. The van der Waals surface area contributed by atoms with Gasteiger partial charge >= 0.3 is 0 Å². The average molecular weight is 436 g/mol. The smallest absolute Gasteiger partial charge is 0.137 e. The second kappa shape index (κ2) is 8.00. The van der Waals surface area contributed by atoms with Crippen LogP contribution in [-0.4, -0.2) is 22.2 Å². The van der Waals surface area contributed by atoms with Crippen LogP contribution in [-0.2, 0) is 12.8 Å². The largest absolute Gasteiger partial charge is 0.381 e. The maximum atomic E-state index is 14.7. The van der Waals surface area contributed by atoms with E-state index in [1.807, 2.05) is 24.4 Å². The van der Waals surface area contributed by atoms with Gasteiger partial charge in [-0.2, -0.15) is 0 Å². The molecule has 2 aromatic heterocycles. The van der Waals surface area contributed by atoms with Crippen molar-refractivity contribution in [2.45, 2.75) is 38.3 Å². The van der Waals surface area contributed by atoms with E-state index in [-0.39, 0.29) is 18.5 Å². The summed E-state index contributed by atoms with van der Waals surface area (Å²) in [5.74, 6) is -0.478. The molecule has 0 aliphatic heterocycles. The van der Waals surface area contributed by atoms with Gasteiger partial charge in [-0.3, -0.25) is 4.98 Å². The monoisotopic (exact) mass is 435 g/mol. The van der Waals surface area contributed by atoms with Crippen molar-refractivity contribution in [2.24, 2.45) is 0 Å². The van der Waals surface area contributed by atoms with Gasteiger partial charge in [0.25, 0.3) is 0 Å². The van der Waals surface area contributed by atoms with Crippen LogP contribution in [0.5, 0.6) is 0 Å². The number of fused-ring (bicyclic) bond motifs is 3. The molecule has 0 fully saturated rings. The highest BCUT2D eigenvalue weighted by Crippen LogP contribution is 2.39. The van der Waals surface area contributed by atoms with Crippen molar-refractivity contribution in [2.75, 3.05) is 11.9 Å². The van der Waals surface area contributed by atoms with E-state index in [0.29, 0.717) is 0 Å². The molecule has 31 heavy (non-hydrogen) atoms. The second-order valence-electron chi connectivity index (χ2n) is 8.24. The molecule has 0 saturated heterocycles. The molecule has 2 aliphatic carbocycles. The van der Waals surface area contributed by atoms with Crippen LogP contribution < -0.4 is 5.32 Å². The third-order valence-corrected chi connectivity index (χ3v) is 7.13. The number of aromatic nitrogens is 2. The summed E-state index contributed by atoms with van der Waals surface area (Å²) in [6.07, 6.45) is 9.72. The molecular weight excluding hydrogens is 412 g/mol. The van der Waals surface area contributed by atoms with Crippen LogP contribution in [0.1, 0.15) is 30.2 Å². The molecule has 0 spiro atoms. The summed E-state index contributed by atoms with van der Waals surface area (Å²) in [4.78, 5) is 10.5. The maximum Gasteiger partial charge on any atom is 0.137 e. The molecule has 1 atom stereocenters. The van der Waals surface area contributed by atoms with Gasteiger partial charge < -0.3 is 5.32 Å². The van der Waals surface area contributed by atoms with E-state index in [1.165, 1.54) is 23.4 Å². The van der Waals surface area contributed by atoms with Gasteiger partial charge in [0.05, 0.1) is 5.69 Å². The number of aryl methyl sites for hydroxylation is 2. The van der Waals surface area contributed by atoms with E-state index in [2.05, 4.69) is 22.4 Å². The molecule has 0 saturated carbocycles. The molecule has 2 heterocycles. The quantitative estimate of drug-likeness (QED) is 0.496. The van der Waals surface area contributed by atoms with Crippen molar-refractivity contribution < 1.29 is 8.78 Å². The molecular formula is C25H23F2N3S. The summed E-state index contributed by atoms with van der Waals surface area (Å²) >= 11 is 1.74. The number of anilines is 1. The number of hydrogen-bond acceptors (Lipinski definition) is 4. The van der Waals surface area contributed by atoms with E-state index in [9.17, 15) is 8.78 Å². The first-order valence-corrected chi connectivity index (χ1v) is 11.3. The van der Waals surface area contributed by atoms with Gasteiger partial charge in [0.2, 0.25) is 0 Å². The standard InChI is InChI=1S/C25H23F2N3S/c1-25(27)11-3-7-21(26)20(25)15-29-18-9-10-19-16(13-18)5-2-8-22-23(19)30-24(31-22)17-6-4-12-28-14-17/h3-4,6-7,9-10,12-14,29H,2,5,8,11,15H2,1H3. The number of nitrogens with zero attached hydrogens (tertiary/aromatic N) is 2. The molecule has 0 radical (unpaired) electrons. The molecule has 0 bridgehead atoms. The van der Waals surface area contributed by atoms with Crippen molar-refractivity contribution in [1.82, 2.24) is 9.97 Å². The molecule has 3 nitrogen and oxygen atoms in total. The van der Waals surface area contributed by atoms with Gasteiger partial charge in [0, 0.05) is 52.6 Å². The Balaban J connectivity index is 1.42. The normalized spacial score (nSPS) is 20.2. The van der Waals surface area contributed by atoms with E-state index < -0.39 is 11.5 Å². The minimum atomic E-state index is -1.66. The summed E-state index contributed by atoms with van der Waals surface area (Å²) in [5.41, 5.74) is 3.83. The van der Waals surface area contributed by atoms with Crippen LogP contribution in [0.15, 0.2) is 66.3 Å². The molecule has 1 N–H and O–H groups in total. The Bertz CT molecular complexity index is 1180. The lowest BCUT2D eigenvalue weighted by molar-refractivity contribution is 0.233. The van der Waals surface area contributed by atoms with Crippen molar-refractivity contribution in [3.8, 4) is 21.8 Å². The maximum absolute atomic E-state index is 14.7. The highest BCUT2D eigenvalue weighted by atomic mass is 32.1. The zero-order valence-electron chi connectivity index (χ0n) is 17.3. The Hall–Kier alpha value is -2.86. The zero-order chi connectivity index (χ0) is 21.4. The minimum absolute atomic E-state index is 0.148. The van der Waals surface area contributed by atoms with Gasteiger partial charge in [-0.25, -0.2) is 13.8 Å². The molecule has 1 aromatic carbocycles. The molecule has 1 unspecified atom stereocenters. The number of benzene rings is 1. The third-order valence-electron chi connectivity index (χ3n) is 5.97. The Morgan fingerprint density at radius 2 is 2.13 bits per heavy atom. The lowest BCUT2D eigenvalue weighted by Gasteiger charge is -2.26. The van der Waals surface area contributed by atoms with E-state index in [4.69, 9.17) is 4.98 Å². The number of alkyl halides is 1. The van der Waals surface area contributed by atoms with Crippen LogP contribution in [0, 0.1) is 0 Å². The summed E-state index contributed by atoms with van der Waals surface area (Å²) in [7, 11) is 0. The van der Waals surface area contributed by atoms with Gasteiger partial charge in [-0.15, -0.1) is 11.3 Å². The van der Waals surface area contributed by atoms with E-state index >= 15 is 0 Å². The SMILES string of the molecule is CC1(F)CC=CC(F)=C1CNc1ccc2c(c1)CCCc1sc(-c3cccnc3)nc1-2. The summed E-state index contributed by atoms with van der Waals surface area (Å²) in [6, 6.07) is 10.1. The highest BCUT2D eigenvalue weighted by molar-refractivity contribution is 7.15. The fraction of sp³-hybridized carbons (Fsp3) is 0.280. The van der Waals surface area contributed by atoms with Crippen molar-refractivity contribution in [1.29, 1.82) is 0 Å². The number of allylic oxidation sites excluding steroid dienone is 3. The number of halogens is 2. The summed E-state index contributed by atoms with van der Waals surface area (Å²) in [5, 5.41) is 4.22. The molecule has 0 amide bonds. The average Bonchev–Trinajstić information content (AvgIpc) is 3.10. The lowest BCUT2D eigenvalue weighted by Crippen LogP contribution is -2.28. The van der Waals surface area contributed by atoms with Crippen molar-refractivity contribution in [3.63, 3.8) is 0 Å². The summed E-state index contributed by atoms with van der Waals surface area (Å²) < 4.78 is 28.9. The third kappa shape index (κ3) is 3.92. The predicted molar refractivity (Wildman–Crippen MR) is 123 cm³/mol. The topological polar surface area (TPSA) is 37.8 Å². The Morgan fingerprint density at radius 1 is 1.23 bits per heavy atom. The number of nitrogens with one attached hydrogen (secondary N) is 1. The van der Waals surface area contributed by atoms with Crippen molar-refractivity contribution in [3.05, 3.63) is 76.7 Å². The number of hydrogen-bond donors (Lipinski definition) is 1. The van der Waals surface area contributed by atoms with Crippen LogP contribution in [0.3, 0.4) is 0 Å². The molecule has 2 aliphatic rings. The van der Waals surface area contributed by atoms with Gasteiger partial charge in [0.15, 0.2) is 0 Å². The molecule has 5 rings (SSSR count). The fourth-order valence-corrected chi connectivity index (χ4v) is 5.35. The Labute approximate surface area is 184 Å². The fourth-order valence-electron chi connectivity index (χ4n) is 4.24. The Kier molecular flexibility index (Phi) is 5.18. The minimum Gasteiger partial charge on any atom is -0.381 e. The number of rotatable bonds is 4. The molecule has 158 valence electrons. The highest BCUT2D eigenvalue weighted by Gasteiger charge is 2.32. The van der Waals surface area contributed by atoms with Crippen LogP contribution >= 0.6 is 11.3 Å². The van der Waals surface area contributed by atoms with Gasteiger partial charge in [-0.1, -0.05) is 12.1 Å². The van der Waals surface area contributed by atoms with Gasteiger partial charge in [0.1, 0.15) is 16.5 Å². The van der Waals surface area contributed by atoms with Crippen molar-refractivity contribution >= 4 is 17.0 Å². The number of pyridine rings is 1. The lowest BCUT2D eigenvalue weighted by atomic mass is 9.89.